The van der Waals surface area contributed by atoms with Crippen molar-refractivity contribution >= 4 is 0 Å². The van der Waals surface area contributed by atoms with Crippen molar-refractivity contribution in [1.82, 2.24) is 4.98 Å². The molecule has 3 atom stereocenters. The zero-order chi connectivity index (χ0) is 14.8. The minimum absolute atomic E-state index is 0.262. The highest BCUT2D eigenvalue weighted by Crippen LogP contribution is 2.39. The van der Waals surface area contributed by atoms with Gasteiger partial charge in [0.2, 0.25) is 0 Å². The van der Waals surface area contributed by atoms with Crippen molar-refractivity contribution in [2.75, 3.05) is 0 Å². The van der Waals surface area contributed by atoms with Crippen LogP contribution in [0.25, 0.3) is 0 Å². The van der Waals surface area contributed by atoms with Gasteiger partial charge in [-0.05, 0) is 30.4 Å². The smallest absolute Gasteiger partial charge is 0.322 e. The van der Waals surface area contributed by atoms with E-state index >= 15 is 0 Å². The van der Waals surface area contributed by atoms with E-state index < -0.39 is 11.7 Å². The predicted molar refractivity (Wildman–Crippen MR) is 71.9 cm³/mol. The third kappa shape index (κ3) is 3.32. The van der Waals surface area contributed by atoms with Crippen LogP contribution in [0.5, 0.6) is 0 Å². The Morgan fingerprint density at radius 3 is 2.55 bits per heavy atom. The highest BCUT2D eigenvalue weighted by molar-refractivity contribution is 5.19. The first kappa shape index (κ1) is 15.3. The minimum atomic E-state index is -4.34. The molecule has 0 aromatic carbocycles. The summed E-state index contributed by atoms with van der Waals surface area (Å²) in [5, 5.41) is 0. The maximum absolute atomic E-state index is 12.5. The second-order valence-corrected chi connectivity index (χ2v) is 5.61. The van der Waals surface area contributed by atoms with Gasteiger partial charge in [0.1, 0.15) is 0 Å². The molecular weight excluding hydrogens is 265 g/mol. The fourth-order valence-electron chi connectivity index (χ4n) is 3.21. The summed E-state index contributed by atoms with van der Waals surface area (Å²) in [5.41, 5.74) is 6.11. The van der Waals surface area contributed by atoms with E-state index in [4.69, 9.17) is 5.73 Å². The summed E-state index contributed by atoms with van der Waals surface area (Å²) in [6.45, 7) is 2.15. The highest BCUT2D eigenvalue weighted by Gasteiger charge is 2.33. The molecule has 1 aromatic rings. The van der Waals surface area contributed by atoms with Gasteiger partial charge in [-0.2, -0.15) is 13.2 Å². The monoisotopic (exact) mass is 286 g/mol. The van der Waals surface area contributed by atoms with Gasteiger partial charge >= 0.3 is 6.18 Å². The second kappa shape index (κ2) is 6.12. The van der Waals surface area contributed by atoms with E-state index in [1.165, 1.54) is 12.5 Å². The molecule has 0 spiro atoms. The predicted octanol–water partition coefficient (Wildman–Crippen LogP) is 4.32. The van der Waals surface area contributed by atoms with Crippen LogP contribution in [-0.4, -0.2) is 4.98 Å². The van der Waals surface area contributed by atoms with Crippen LogP contribution in [0, 0.1) is 11.8 Å². The van der Waals surface area contributed by atoms with Crippen LogP contribution in [0.3, 0.4) is 0 Å². The summed E-state index contributed by atoms with van der Waals surface area (Å²) < 4.78 is 37.6. The molecule has 1 saturated carbocycles. The van der Waals surface area contributed by atoms with E-state index in [1.54, 1.807) is 0 Å². The van der Waals surface area contributed by atoms with Crippen molar-refractivity contribution < 1.29 is 13.2 Å². The van der Waals surface area contributed by atoms with Gasteiger partial charge in [-0.15, -0.1) is 0 Å². The minimum Gasteiger partial charge on any atom is -0.322 e. The number of aromatic nitrogens is 1. The van der Waals surface area contributed by atoms with Crippen LogP contribution in [-0.2, 0) is 6.18 Å². The molecule has 2 rings (SSSR count). The molecule has 1 aliphatic rings. The summed E-state index contributed by atoms with van der Waals surface area (Å²) in [6.07, 6.45) is 2.19. The van der Waals surface area contributed by atoms with E-state index in [0.29, 0.717) is 17.5 Å². The van der Waals surface area contributed by atoms with Crippen molar-refractivity contribution in [2.24, 2.45) is 17.6 Å². The van der Waals surface area contributed by atoms with Crippen molar-refractivity contribution in [2.45, 2.75) is 51.2 Å². The molecule has 0 bridgehead atoms. The van der Waals surface area contributed by atoms with E-state index in [0.717, 1.165) is 37.9 Å². The molecule has 20 heavy (non-hydrogen) atoms. The van der Waals surface area contributed by atoms with Crippen LogP contribution in [0.1, 0.15) is 56.3 Å². The number of pyridine rings is 1. The Morgan fingerprint density at radius 1 is 1.30 bits per heavy atom. The number of halogens is 3. The third-order valence-corrected chi connectivity index (χ3v) is 4.41. The lowest BCUT2D eigenvalue weighted by Gasteiger charge is -2.34. The Morgan fingerprint density at radius 2 is 2.00 bits per heavy atom. The number of nitrogens with two attached hydrogens (primary N) is 1. The van der Waals surface area contributed by atoms with Crippen molar-refractivity contribution in [3.05, 3.63) is 29.6 Å². The van der Waals surface area contributed by atoms with E-state index in [1.807, 2.05) is 0 Å². The molecule has 0 amide bonds. The number of nitrogens with zero attached hydrogens (tertiary/aromatic N) is 1. The fraction of sp³-hybridized carbons (Fsp3) is 0.667. The highest BCUT2D eigenvalue weighted by atomic mass is 19.4. The molecule has 0 aliphatic heterocycles. The van der Waals surface area contributed by atoms with Gasteiger partial charge in [-0.25, -0.2) is 0 Å². The quantitative estimate of drug-likeness (QED) is 0.899. The number of rotatable bonds is 3. The van der Waals surface area contributed by atoms with E-state index in [2.05, 4.69) is 11.9 Å². The lowest BCUT2D eigenvalue weighted by molar-refractivity contribution is -0.137. The largest absolute Gasteiger partial charge is 0.417 e. The number of hydrogen-bond acceptors (Lipinski definition) is 2. The van der Waals surface area contributed by atoms with Gasteiger partial charge in [-0.1, -0.05) is 32.6 Å². The third-order valence-electron chi connectivity index (χ3n) is 4.41. The van der Waals surface area contributed by atoms with Gasteiger partial charge < -0.3 is 5.73 Å². The Kier molecular flexibility index (Phi) is 4.68. The molecule has 0 saturated heterocycles. The van der Waals surface area contributed by atoms with Gasteiger partial charge in [0.15, 0.2) is 0 Å². The van der Waals surface area contributed by atoms with Crippen LogP contribution < -0.4 is 5.73 Å². The van der Waals surface area contributed by atoms with Crippen molar-refractivity contribution in [1.29, 1.82) is 0 Å². The SMILES string of the molecule is CCC1CCCCC1C(N)c1ccc(C(F)(F)F)cn1. The first-order valence-corrected chi connectivity index (χ1v) is 7.22. The van der Waals surface area contributed by atoms with Gasteiger partial charge in [0, 0.05) is 6.20 Å². The van der Waals surface area contributed by atoms with Crippen LogP contribution in [0.4, 0.5) is 13.2 Å². The second-order valence-electron chi connectivity index (χ2n) is 5.61. The van der Waals surface area contributed by atoms with E-state index in [9.17, 15) is 13.2 Å². The summed E-state index contributed by atoms with van der Waals surface area (Å²) >= 11 is 0. The molecule has 1 aromatic heterocycles. The molecule has 112 valence electrons. The maximum Gasteiger partial charge on any atom is 0.417 e. The first-order chi connectivity index (χ1) is 9.43. The molecule has 2 nitrogen and oxygen atoms in total. The van der Waals surface area contributed by atoms with Crippen molar-refractivity contribution in [3.8, 4) is 0 Å². The average molecular weight is 286 g/mol. The first-order valence-electron chi connectivity index (χ1n) is 7.22. The van der Waals surface area contributed by atoms with Crippen LogP contribution in [0.2, 0.25) is 0 Å². The molecular formula is C15H21F3N2. The zero-order valence-electron chi connectivity index (χ0n) is 11.7. The summed E-state index contributed by atoms with van der Waals surface area (Å²) in [4.78, 5) is 3.94. The summed E-state index contributed by atoms with van der Waals surface area (Å²) in [5.74, 6) is 0.890. The summed E-state index contributed by atoms with van der Waals surface area (Å²) in [6, 6.07) is 2.24. The number of hydrogen-bond donors (Lipinski definition) is 1. The lowest BCUT2D eigenvalue weighted by Crippen LogP contribution is -2.31. The molecule has 5 heteroatoms. The molecule has 1 fully saturated rings. The Balaban J connectivity index is 2.14. The Bertz CT molecular complexity index is 428. The normalized spacial score (nSPS) is 25.4. The lowest BCUT2D eigenvalue weighted by atomic mass is 9.73. The van der Waals surface area contributed by atoms with Crippen molar-refractivity contribution in [3.63, 3.8) is 0 Å². The molecule has 1 heterocycles. The topological polar surface area (TPSA) is 38.9 Å². The molecule has 0 radical (unpaired) electrons. The van der Waals surface area contributed by atoms with Gasteiger partial charge in [0.25, 0.3) is 0 Å². The maximum atomic E-state index is 12.5. The molecule has 1 aliphatic carbocycles. The van der Waals surface area contributed by atoms with E-state index in [-0.39, 0.29) is 6.04 Å². The zero-order valence-corrected chi connectivity index (χ0v) is 11.7. The summed E-state index contributed by atoms with van der Waals surface area (Å²) in [7, 11) is 0. The standard InChI is InChI=1S/C15H21F3N2/c1-2-10-5-3-4-6-12(10)14(19)13-8-7-11(9-20-13)15(16,17)18/h7-10,12,14H,2-6,19H2,1H3. The van der Waals surface area contributed by atoms with Crippen LogP contribution >= 0.6 is 0 Å². The van der Waals surface area contributed by atoms with Gasteiger partial charge in [-0.3, -0.25) is 4.98 Å². The number of alkyl halides is 3. The van der Waals surface area contributed by atoms with Crippen LogP contribution in [0.15, 0.2) is 18.3 Å². The van der Waals surface area contributed by atoms with Gasteiger partial charge in [0.05, 0.1) is 17.3 Å². The Labute approximate surface area is 117 Å². The molecule has 2 N–H and O–H groups in total. The fourth-order valence-corrected chi connectivity index (χ4v) is 3.21. The Hall–Kier alpha value is -1.10. The molecule has 3 unspecified atom stereocenters. The average Bonchev–Trinajstić information content (AvgIpc) is 2.45.